The van der Waals surface area contributed by atoms with E-state index < -0.39 is 11.7 Å². The lowest BCUT2D eigenvalue weighted by molar-refractivity contribution is -0.137. The fourth-order valence-electron chi connectivity index (χ4n) is 1.40. The van der Waals surface area contributed by atoms with Crippen LogP contribution >= 0.6 is 11.8 Å². The van der Waals surface area contributed by atoms with Crippen molar-refractivity contribution in [1.29, 1.82) is 0 Å². The van der Waals surface area contributed by atoms with Gasteiger partial charge in [-0.1, -0.05) is 0 Å². The molecule has 0 aliphatic carbocycles. The van der Waals surface area contributed by atoms with Crippen molar-refractivity contribution in [2.24, 2.45) is 7.05 Å². The molecule has 1 N–H and O–H groups in total. The van der Waals surface area contributed by atoms with Crippen LogP contribution in [0.4, 0.5) is 13.2 Å². The Morgan fingerprint density at radius 3 is 2.68 bits per heavy atom. The number of pyridine rings is 1. The maximum atomic E-state index is 12.6. The van der Waals surface area contributed by atoms with Crippen molar-refractivity contribution < 1.29 is 18.3 Å². The minimum atomic E-state index is -4.39. The highest BCUT2D eigenvalue weighted by Gasteiger charge is 2.30. The van der Waals surface area contributed by atoms with Gasteiger partial charge in [-0.2, -0.15) is 13.2 Å². The van der Waals surface area contributed by atoms with E-state index in [1.54, 1.807) is 11.6 Å². The molecule has 2 rings (SSSR count). The van der Waals surface area contributed by atoms with E-state index in [0.717, 1.165) is 30.1 Å². The van der Waals surface area contributed by atoms with Crippen molar-refractivity contribution in [3.05, 3.63) is 35.8 Å². The van der Waals surface area contributed by atoms with Crippen molar-refractivity contribution in [2.75, 3.05) is 0 Å². The summed E-state index contributed by atoms with van der Waals surface area (Å²) in [5, 5.41) is 9.68. The van der Waals surface area contributed by atoms with Crippen molar-refractivity contribution >= 4 is 11.8 Å². The summed E-state index contributed by atoms with van der Waals surface area (Å²) in [7, 11) is 1.68. The van der Waals surface area contributed by atoms with Crippen LogP contribution < -0.4 is 0 Å². The lowest BCUT2D eigenvalue weighted by Gasteiger charge is -2.08. The van der Waals surface area contributed by atoms with Crippen molar-refractivity contribution in [3.63, 3.8) is 0 Å². The zero-order chi connectivity index (χ0) is 14.0. The summed E-state index contributed by atoms with van der Waals surface area (Å²) >= 11 is 1.01. The Hall–Kier alpha value is -1.54. The molecule has 0 spiro atoms. The number of hydrogen-bond acceptors (Lipinski definition) is 4. The Kier molecular flexibility index (Phi) is 3.81. The predicted octanol–water partition coefficient (Wildman–Crippen LogP) is 2.48. The highest BCUT2D eigenvalue weighted by Crippen LogP contribution is 2.32. The second-order valence-electron chi connectivity index (χ2n) is 3.73. The first-order valence-electron chi connectivity index (χ1n) is 5.24. The Bertz CT molecular complexity index is 583. The molecule has 2 aromatic rings. The number of halogens is 3. The van der Waals surface area contributed by atoms with E-state index in [0.29, 0.717) is 10.9 Å². The average Bonchev–Trinajstić information content (AvgIpc) is 2.70. The Morgan fingerprint density at radius 1 is 1.37 bits per heavy atom. The molecule has 0 bridgehead atoms. The van der Waals surface area contributed by atoms with Gasteiger partial charge in [0.05, 0.1) is 24.1 Å². The van der Waals surface area contributed by atoms with Gasteiger partial charge in [-0.25, -0.2) is 9.97 Å². The predicted molar refractivity (Wildman–Crippen MR) is 62.5 cm³/mol. The second-order valence-corrected chi connectivity index (χ2v) is 4.72. The third kappa shape index (κ3) is 3.07. The first kappa shape index (κ1) is 13.9. The second kappa shape index (κ2) is 5.22. The zero-order valence-electron chi connectivity index (χ0n) is 9.85. The van der Waals surface area contributed by atoms with Gasteiger partial charge in [0.1, 0.15) is 5.03 Å². The van der Waals surface area contributed by atoms with Gasteiger partial charge in [-0.05, 0) is 23.9 Å². The average molecular weight is 289 g/mol. The third-order valence-electron chi connectivity index (χ3n) is 2.46. The molecule has 102 valence electrons. The highest BCUT2D eigenvalue weighted by atomic mass is 32.2. The Labute approximate surface area is 111 Å². The number of aromatic nitrogens is 3. The summed E-state index contributed by atoms with van der Waals surface area (Å²) in [5.41, 5.74) is -0.170. The van der Waals surface area contributed by atoms with Crippen molar-refractivity contribution in [2.45, 2.75) is 23.0 Å². The van der Waals surface area contributed by atoms with E-state index >= 15 is 0 Å². The number of alkyl halides is 3. The summed E-state index contributed by atoms with van der Waals surface area (Å²) in [5.74, 6) is 0. The molecular weight excluding hydrogens is 279 g/mol. The van der Waals surface area contributed by atoms with Gasteiger partial charge >= 0.3 is 6.18 Å². The van der Waals surface area contributed by atoms with E-state index in [-0.39, 0.29) is 11.6 Å². The topological polar surface area (TPSA) is 50.9 Å². The minimum Gasteiger partial charge on any atom is -0.390 e. The van der Waals surface area contributed by atoms with E-state index in [4.69, 9.17) is 5.11 Å². The van der Waals surface area contributed by atoms with Gasteiger partial charge in [0.15, 0.2) is 5.16 Å². The van der Waals surface area contributed by atoms with Crippen LogP contribution in [-0.2, 0) is 19.8 Å². The molecule has 0 amide bonds. The SMILES string of the molecule is Cn1c(CO)cnc1Sc1cc(C(F)(F)F)ccn1. The van der Waals surface area contributed by atoms with Crippen LogP contribution in [0.1, 0.15) is 11.3 Å². The molecule has 0 atom stereocenters. The lowest BCUT2D eigenvalue weighted by Crippen LogP contribution is -2.05. The molecular formula is C11H10F3N3OS. The molecule has 0 aliphatic rings. The normalized spacial score (nSPS) is 11.8. The summed E-state index contributed by atoms with van der Waals surface area (Å²) in [6.45, 7) is -0.180. The number of rotatable bonds is 3. The molecule has 0 radical (unpaired) electrons. The molecule has 0 saturated carbocycles. The van der Waals surface area contributed by atoms with Gasteiger partial charge in [0.2, 0.25) is 0 Å². The largest absolute Gasteiger partial charge is 0.416 e. The summed E-state index contributed by atoms with van der Waals surface area (Å²) in [6.07, 6.45) is -1.81. The molecule has 0 unspecified atom stereocenters. The molecule has 0 aromatic carbocycles. The van der Waals surface area contributed by atoms with Crippen molar-refractivity contribution in [1.82, 2.24) is 14.5 Å². The molecule has 8 heteroatoms. The number of aliphatic hydroxyl groups is 1. The van der Waals surface area contributed by atoms with E-state index in [2.05, 4.69) is 9.97 Å². The molecule has 19 heavy (non-hydrogen) atoms. The van der Waals surface area contributed by atoms with Crippen LogP contribution in [0.25, 0.3) is 0 Å². The zero-order valence-corrected chi connectivity index (χ0v) is 10.7. The van der Waals surface area contributed by atoms with Gasteiger partial charge < -0.3 is 9.67 Å². The van der Waals surface area contributed by atoms with Gasteiger partial charge in [-0.15, -0.1) is 0 Å². The van der Waals surface area contributed by atoms with Crippen LogP contribution in [0.2, 0.25) is 0 Å². The molecule has 0 fully saturated rings. The fourth-order valence-corrected chi connectivity index (χ4v) is 2.25. The highest BCUT2D eigenvalue weighted by molar-refractivity contribution is 7.99. The maximum absolute atomic E-state index is 12.6. The van der Waals surface area contributed by atoms with Crippen LogP contribution in [0.15, 0.2) is 34.7 Å². The van der Waals surface area contributed by atoms with Crippen LogP contribution in [0, 0.1) is 0 Å². The third-order valence-corrected chi connectivity index (χ3v) is 3.46. The Morgan fingerprint density at radius 2 is 2.11 bits per heavy atom. The summed E-state index contributed by atoms with van der Waals surface area (Å²) < 4.78 is 39.3. The van der Waals surface area contributed by atoms with Gasteiger partial charge in [-0.3, -0.25) is 0 Å². The lowest BCUT2D eigenvalue weighted by atomic mass is 10.3. The molecule has 0 saturated heterocycles. The van der Waals surface area contributed by atoms with Crippen molar-refractivity contribution in [3.8, 4) is 0 Å². The van der Waals surface area contributed by atoms with E-state index in [9.17, 15) is 13.2 Å². The quantitative estimate of drug-likeness (QED) is 0.943. The van der Waals surface area contributed by atoms with Crippen LogP contribution in [0.5, 0.6) is 0 Å². The number of hydrogen-bond donors (Lipinski definition) is 1. The first-order valence-corrected chi connectivity index (χ1v) is 6.06. The summed E-state index contributed by atoms with van der Waals surface area (Å²) in [6, 6.07) is 1.89. The molecule has 2 aromatic heterocycles. The number of imidazole rings is 1. The standard InChI is InChI=1S/C11H10F3N3OS/c1-17-8(6-18)5-16-10(17)19-9-4-7(2-3-15-9)11(12,13)14/h2-5,18H,6H2,1H3. The number of aliphatic hydroxyl groups excluding tert-OH is 1. The minimum absolute atomic E-state index is 0.180. The van der Waals surface area contributed by atoms with E-state index in [1.807, 2.05) is 0 Å². The molecule has 2 heterocycles. The van der Waals surface area contributed by atoms with Gasteiger partial charge in [0.25, 0.3) is 0 Å². The van der Waals surface area contributed by atoms with Crippen LogP contribution in [-0.4, -0.2) is 19.6 Å². The number of nitrogens with zero attached hydrogens (tertiary/aromatic N) is 3. The maximum Gasteiger partial charge on any atom is 0.416 e. The van der Waals surface area contributed by atoms with E-state index in [1.165, 1.54) is 6.20 Å². The fraction of sp³-hybridized carbons (Fsp3) is 0.273. The van der Waals surface area contributed by atoms with Crippen LogP contribution in [0.3, 0.4) is 0 Å². The molecule has 0 aliphatic heterocycles. The summed E-state index contributed by atoms with van der Waals surface area (Å²) in [4.78, 5) is 7.89. The molecule has 4 nitrogen and oxygen atoms in total. The first-order chi connectivity index (χ1) is 8.91. The monoisotopic (exact) mass is 289 g/mol. The Balaban J connectivity index is 2.26. The van der Waals surface area contributed by atoms with Gasteiger partial charge in [0, 0.05) is 13.2 Å². The smallest absolute Gasteiger partial charge is 0.390 e.